The minimum absolute atomic E-state index is 0.251. The van der Waals surface area contributed by atoms with Crippen LogP contribution in [0, 0.1) is 0 Å². The van der Waals surface area contributed by atoms with E-state index in [0.717, 1.165) is 39.2 Å². The van der Waals surface area contributed by atoms with E-state index in [4.69, 9.17) is 19.2 Å². The monoisotopic (exact) mass is 553 g/mol. The summed E-state index contributed by atoms with van der Waals surface area (Å²) in [6.45, 7) is 4.18. The lowest BCUT2D eigenvalue weighted by atomic mass is 10.0. The third-order valence-electron chi connectivity index (χ3n) is 7.49. The Hall–Kier alpha value is -4.09. The zero-order valence-electron chi connectivity index (χ0n) is 22.8. The van der Waals surface area contributed by atoms with Crippen molar-refractivity contribution in [1.82, 2.24) is 24.7 Å². The highest BCUT2D eigenvalue weighted by molar-refractivity contribution is 5.77. The number of aliphatic hydroxyl groups excluding tert-OH is 1. The fourth-order valence-corrected chi connectivity index (χ4v) is 5.51. The number of aromatic amines is 1. The SMILES string of the molecule is CC(C)(O)Cc1cnn(-c2ccc(-c3ccc(-c4ccc5[nH]c(OC6CO[C@@H]7C(O)CO[C@H]67)nc5n4)cc3)cc2)c1. The first-order chi connectivity index (χ1) is 19.8. The van der Waals surface area contributed by atoms with Gasteiger partial charge < -0.3 is 29.4 Å². The lowest BCUT2D eigenvalue weighted by molar-refractivity contribution is 0.00706. The Morgan fingerprint density at radius 1 is 0.927 bits per heavy atom. The minimum atomic E-state index is -0.771. The lowest BCUT2D eigenvalue weighted by Gasteiger charge is -2.15. The summed E-state index contributed by atoms with van der Waals surface area (Å²) in [5.41, 5.74) is 6.49. The highest BCUT2D eigenvalue weighted by Crippen LogP contribution is 2.30. The summed E-state index contributed by atoms with van der Waals surface area (Å²) < 4.78 is 19.1. The summed E-state index contributed by atoms with van der Waals surface area (Å²) in [5.74, 6) is 0. The first-order valence-electron chi connectivity index (χ1n) is 13.7. The molecule has 2 aliphatic rings. The van der Waals surface area contributed by atoms with E-state index in [-0.39, 0.29) is 24.9 Å². The summed E-state index contributed by atoms with van der Waals surface area (Å²) in [4.78, 5) is 12.4. The summed E-state index contributed by atoms with van der Waals surface area (Å²) in [5, 5.41) is 24.5. The van der Waals surface area contributed by atoms with Gasteiger partial charge in [0.1, 0.15) is 18.3 Å². The van der Waals surface area contributed by atoms with Gasteiger partial charge >= 0.3 is 0 Å². The second-order valence-electron chi connectivity index (χ2n) is 11.3. The molecule has 0 spiro atoms. The average molecular weight is 554 g/mol. The standard InChI is InChI=1S/C31H31N5O5/c1-31(2,38)13-18-14-32-36(15-18)22-9-7-20(8-10-22)19-3-5-21(6-4-19)23-11-12-24-29(33-23)35-30(34-24)41-26-17-40-27-25(37)16-39-28(26)27/h3-12,14-15,25-28,37-38H,13,16-17H2,1-2H3,(H,33,34,35)/t25?,26?,27-,28-/m1/s1. The van der Waals surface area contributed by atoms with Crippen LogP contribution >= 0.6 is 0 Å². The summed E-state index contributed by atoms with van der Waals surface area (Å²) in [7, 11) is 0. The maximum absolute atomic E-state index is 10.1. The molecule has 41 heavy (non-hydrogen) atoms. The van der Waals surface area contributed by atoms with E-state index in [1.165, 1.54) is 0 Å². The number of ether oxygens (including phenoxy) is 3. The second-order valence-corrected chi connectivity index (χ2v) is 11.3. The Labute approximate surface area is 236 Å². The van der Waals surface area contributed by atoms with E-state index in [2.05, 4.69) is 51.5 Å². The van der Waals surface area contributed by atoms with Crippen LogP contribution in [0.15, 0.2) is 73.1 Å². The predicted octanol–water partition coefficient (Wildman–Crippen LogP) is 3.70. The topological polar surface area (TPSA) is 128 Å². The first kappa shape index (κ1) is 25.8. The number of aliphatic hydroxyl groups is 2. The number of hydrogen-bond donors (Lipinski definition) is 3. The largest absolute Gasteiger partial charge is 0.456 e. The molecular weight excluding hydrogens is 522 g/mol. The van der Waals surface area contributed by atoms with Crippen LogP contribution < -0.4 is 4.74 Å². The highest BCUT2D eigenvalue weighted by atomic mass is 16.6. The fourth-order valence-electron chi connectivity index (χ4n) is 5.51. The third-order valence-corrected chi connectivity index (χ3v) is 7.49. The summed E-state index contributed by atoms with van der Waals surface area (Å²) in [6.07, 6.45) is 2.67. The van der Waals surface area contributed by atoms with Crippen molar-refractivity contribution in [2.24, 2.45) is 0 Å². The van der Waals surface area contributed by atoms with Crippen molar-refractivity contribution in [2.45, 2.75) is 50.3 Å². The number of imidazole rings is 1. The molecule has 2 fully saturated rings. The van der Waals surface area contributed by atoms with Crippen LogP contribution in [0.4, 0.5) is 0 Å². The predicted molar refractivity (Wildman–Crippen MR) is 152 cm³/mol. The number of aromatic nitrogens is 5. The van der Waals surface area contributed by atoms with Crippen molar-refractivity contribution in [3.8, 4) is 34.1 Å². The molecule has 3 aromatic heterocycles. The quantitative estimate of drug-likeness (QED) is 0.279. The van der Waals surface area contributed by atoms with E-state index in [9.17, 15) is 10.2 Å². The van der Waals surface area contributed by atoms with Gasteiger partial charge in [-0.25, -0.2) is 9.67 Å². The molecule has 2 aromatic carbocycles. The van der Waals surface area contributed by atoms with Gasteiger partial charge in [0.15, 0.2) is 11.8 Å². The molecule has 0 bridgehead atoms. The maximum Gasteiger partial charge on any atom is 0.296 e. The second kappa shape index (κ2) is 10.1. The molecule has 7 rings (SSSR count). The van der Waals surface area contributed by atoms with Crippen molar-refractivity contribution in [3.63, 3.8) is 0 Å². The van der Waals surface area contributed by atoms with E-state index in [1.807, 2.05) is 35.1 Å². The molecule has 210 valence electrons. The molecule has 2 saturated heterocycles. The summed E-state index contributed by atoms with van der Waals surface area (Å²) in [6, 6.07) is 20.7. The van der Waals surface area contributed by atoms with Crippen molar-refractivity contribution >= 4 is 11.2 Å². The van der Waals surface area contributed by atoms with Gasteiger partial charge in [-0.3, -0.25) is 0 Å². The molecule has 0 aliphatic carbocycles. The number of H-pyrrole nitrogens is 1. The van der Waals surface area contributed by atoms with Gasteiger partial charge in [-0.15, -0.1) is 0 Å². The van der Waals surface area contributed by atoms with E-state index in [1.54, 1.807) is 20.0 Å². The van der Waals surface area contributed by atoms with Crippen molar-refractivity contribution in [1.29, 1.82) is 0 Å². The molecule has 0 saturated carbocycles. The molecule has 0 radical (unpaired) electrons. The average Bonchev–Trinajstić information content (AvgIpc) is 3.74. The molecule has 2 aliphatic heterocycles. The van der Waals surface area contributed by atoms with E-state index >= 15 is 0 Å². The molecule has 10 heteroatoms. The molecule has 3 N–H and O–H groups in total. The Kier molecular flexibility index (Phi) is 6.35. The van der Waals surface area contributed by atoms with E-state index in [0.29, 0.717) is 24.7 Å². The number of nitrogens with zero attached hydrogens (tertiary/aromatic N) is 4. The molecule has 2 unspecified atom stereocenters. The molecule has 10 nitrogen and oxygen atoms in total. The highest BCUT2D eigenvalue weighted by Gasteiger charge is 2.48. The number of benzene rings is 2. The molecule has 5 heterocycles. The van der Waals surface area contributed by atoms with Crippen LogP contribution in [0.25, 0.3) is 39.2 Å². The molecule has 0 amide bonds. The number of hydrogen-bond acceptors (Lipinski definition) is 8. The zero-order chi connectivity index (χ0) is 28.1. The van der Waals surface area contributed by atoms with Gasteiger partial charge in [-0.2, -0.15) is 10.1 Å². The minimum Gasteiger partial charge on any atom is -0.456 e. The lowest BCUT2D eigenvalue weighted by Crippen LogP contribution is -2.34. The fraction of sp³-hybridized carbons (Fsp3) is 0.323. The van der Waals surface area contributed by atoms with Crippen LogP contribution in [-0.2, 0) is 15.9 Å². The Morgan fingerprint density at radius 2 is 1.63 bits per heavy atom. The Bertz CT molecular complexity index is 1670. The summed E-state index contributed by atoms with van der Waals surface area (Å²) >= 11 is 0. The molecule has 4 atom stereocenters. The van der Waals surface area contributed by atoms with Crippen LogP contribution in [-0.4, -0.2) is 78.2 Å². The number of rotatable bonds is 7. The smallest absolute Gasteiger partial charge is 0.296 e. The zero-order valence-corrected chi connectivity index (χ0v) is 22.8. The van der Waals surface area contributed by atoms with Gasteiger partial charge in [-0.1, -0.05) is 36.4 Å². The van der Waals surface area contributed by atoms with Gasteiger partial charge in [0.05, 0.1) is 41.9 Å². The van der Waals surface area contributed by atoms with Gasteiger partial charge in [0.2, 0.25) is 0 Å². The van der Waals surface area contributed by atoms with Crippen LogP contribution in [0.1, 0.15) is 19.4 Å². The van der Waals surface area contributed by atoms with Gasteiger partial charge in [-0.05, 0) is 54.8 Å². The molecule has 5 aromatic rings. The van der Waals surface area contributed by atoms with Crippen LogP contribution in [0.5, 0.6) is 6.01 Å². The van der Waals surface area contributed by atoms with Crippen molar-refractivity contribution in [2.75, 3.05) is 13.2 Å². The number of fused-ring (bicyclic) bond motifs is 2. The van der Waals surface area contributed by atoms with Crippen molar-refractivity contribution in [3.05, 3.63) is 78.6 Å². The van der Waals surface area contributed by atoms with Gasteiger partial charge in [0, 0.05) is 18.2 Å². The third kappa shape index (κ3) is 5.22. The normalized spacial score (nSPS) is 22.3. The van der Waals surface area contributed by atoms with Crippen molar-refractivity contribution < 1.29 is 24.4 Å². The van der Waals surface area contributed by atoms with Gasteiger partial charge in [0.25, 0.3) is 6.01 Å². The number of nitrogens with one attached hydrogen (secondary N) is 1. The van der Waals surface area contributed by atoms with Crippen LogP contribution in [0.3, 0.4) is 0 Å². The number of pyridine rings is 1. The Morgan fingerprint density at radius 3 is 2.39 bits per heavy atom. The maximum atomic E-state index is 10.1. The van der Waals surface area contributed by atoms with E-state index < -0.39 is 11.7 Å². The molecular formula is C31H31N5O5. The first-order valence-corrected chi connectivity index (χ1v) is 13.7. The van der Waals surface area contributed by atoms with Crippen LogP contribution in [0.2, 0.25) is 0 Å². The Balaban J connectivity index is 1.04.